The number of nitrogens with zero attached hydrogens (tertiary/aromatic N) is 2. The summed E-state index contributed by atoms with van der Waals surface area (Å²) < 4.78 is 0. The zero-order valence-electron chi connectivity index (χ0n) is 13.1. The van der Waals surface area contributed by atoms with Crippen molar-refractivity contribution >= 4 is 11.3 Å². The van der Waals surface area contributed by atoms with Gasteiger partial charge in [0.1, 0.15) is 10.0 Å². The number of benzene rings is 1. The van der Waals surface area contributed by atoms with Gasteiger partial charge in [0.05, 0.1) is 6.54 Å². The first-order chi connectivity index (χ1) is 10.8. The molecule has 2 aromatic rings. The molecule has 0 amide bonds. The van der Waals surface area contributed by atoms with Crippen LogP contribution in [-0.4, -0.2) is 10.2 Å². The molecule has 1 unspecified atom stereocenters. The summed E-state index contributed by atoms with van der Waals surface area (Å²) in [4.78, 5) is 0. The molecule has 1 heterocycles. The number of aromatic nitrogens is 2. The second-order valence-electron chi connectivity index (χ2n) is 6.71. The Labute approximate surface area is 136 Å². The largest absolute Gasteiger partial charge is 0.304 e. The third-order valence-corrected chi connectivity index (χ3v) is 6.07. The quantitative estimate of drug-likeness (QED) is 0.851. The number of hydrogen-bond acceptors (Lipinski definition) is 4. The van der Waals surface area contributed by atoms with Gasteiger partial charge in [0, 0.05) is 12.0 Å². The molecule has 1 aromatic heterocycles. The second kappa shape index (κ2) is 6.09. The minimum Gasteiger partial charge on any atom is -0.304 e. The Balaban J connectivity index is 1.33. The maximum absolute atomic E-state index is 4.31. The third kappa shape index (κ3) is 3.08. The van der Waals surface area contributed by atoms with Crippen LogP contribution in [0.4, 0.5) is 0 Å². The monoisotopic (exact) mass is 313 g/mol. The Kier molecular flexibility index (Phi) is 3.97. The minimum absolute atomic E-state index is 0.351. The van der Waals surface area contributed by atoms with E-state index in [1.54, 1.807) is 11.3 Å². The highest BCUT2D eigenvalue weighted by Crippen LogP contribution is 2.41. The van der Waals surface area contributed by atoms with E-state index < -0.39 is 0 Å². The van der Waals surface area contributed by atoms with E-state index in [4.69, 9.17) is 0 Å². The van der Waals surface area contributed by atoms with Gasteiger partial charge in [-0.05, 0) is 49.7 Å². The molecule has 1 aromatic carbocycles. The molecule has 22 heavy (non-hydrogen) atoms. The molecule has 2 aliphatic rings. The van der Waals surface area contributed by atoms with Gasteiger partial charge in [-0.2, -0.15) is 0 Å². The number of hydrogen-bond donors (Lipinski definition) is 1. The van der Waals surface area contributed by atoms with Crippen molar-refractivity contribution in [1.29, 1.82) is 0 Å². The lowest BCUT2D eigenvalue weighted by atomic mass is 9.80. The van der Waals surface area contributed by atoms with Gasteiger partial charge in [0.25, 0.3) is 0 Å². The summed E-state index contributed by atoms with van der Waals surface area (Å²) >= 11 is 1.77. The minimum atomic E-state index is 0.351. The van der Waals surface area contributed by atoms with Gasteiger partial charge in [-0.25, -0.2) is 0 Å². The summed E-state index contributed by atoms with van der Waals surface area (Å²) in [5, 5.41) is 14.5. The van der Waals surface area contributed by atoms with Crippen LogP contribution < -0.4 is 5.32 Å². The van der Waals surface area contributed by atoms with Crippen molar-refractivity contribution in [2.45, 2.75) is 63.5 Å². The topological polar surface area (TPSA) is 37.8 Å². The molecular weight excluding hydrogens is 290 g/mol. The fourth-order valence-corrected chi connectivity index (χ4v) is 3.95. The summed E-state index contributed by atoms with van der Waals surface area (Å²) in [6.07, 6.45) is 6.73. The van der Waals surface area contributed by atoms with E-state index in [0.717, 1.165) is 17.5 Å². The SMILES string of the molecule is CC(NCc1nnc(C2CC2)s1)c1ccc(C2CCC2)cc1. The Morgan fingerprint density at radius 3 is 2.50 bits per heavy atom. The smallest absolute Gasteiger partial charge is 0.131 e. The molecule has 0 radical (unpaired) electrons. The summed E-state index contributed by atoms with van der Waals surface area (Å²) in [6, 6.07) is 9.53. The number of nitrogens with one attached hydrogen (secondary N) is 1. The van der Waals surface area contributed by atoms with Crippen LogP contribution in [0.2, 0.25) is 0 Å². The van der Waals surface area contributed by atoms with Crippen molar-refractivity contribution in [3.8, 4) is 0 Å². The van der Waals surface area contributed by atoms with Gasteiger partial charge < -0.3 is 5.32 Å². The summed E-state index contributed by atoms with van der Waals surface area (Å²) in [6.45, 7) is 3.04. The lowest BCUT2D eigenvalue weighted by Gasteiger charge is -2.26. The molecule has 1 N–H and O–H groups in total. The van der Waals surface area contributed by atoms with Crippen LogP contribution in [-0.2, 0) is 6.54 Å². The van der Waals surface area contributed by atoms with Crippen LogP contribution >= 0.6 is 11.3 Å². The fraction of sp³-hybridized carbons (Fsp3) is 0.556. The number of rotatable bonds is 6. The molecule has 2 fully saturated rings. The van der Waals surface area contributed by atoms with E-state index in [1.807, 2.05) is 0 Å². The molecule has 4 heteroatoms. The highest BCUT2D eigenvalue weighted by Gasteiger charge is 2.27. The Morgan fingerprint density at radius 1 is 1.09 bits per heavy atom. The molecule has 0 spiro atoms. The standard InChI is InChI=1S/C18H23N3S/c1-12(13-5-7-15(8-6-13)14-3-2-4-14)19-11-17-20-21-18(22-17)16-9-10-16/h5-8,12,14,16,19H,2-4,9-11H2,1H3. The Bertz CT molecular complexity index is 626. The molecule has 3 nitrogen and oxygen atoms in total. The molecule has 2 aliphatic carbocycles. The van der Waals surface area contributed by atoms with Crippen LogP contribution in [0.1, 0.15) is 78.0 Å². The molecule has 2 saturated carbocycles. The van der Waals surface area contributed by atoms with Crippen molar-refractivity contribution in [2.24, 2.45) is 0 Å². The van der Waals surface area contributed by atoms with Crippen molar-refractivity contribution < 1.29 is 0 Å². The highest BCUT2D eigenvalue weighted by atomic mass is 32.1. The van der Waals surface area contributed by atoms with Gasteiger partial charge in [-0.3, -0.25) is 0 Å². The summed E-state index contributed by atoms with van der Waals surface area (Å²) in [5.41, 5.74) is 2.87. The summed E-state index contributed by atoms with van der Waals surface area (Å²) in [7, 11) is 0. The lowest BCUT2D eigenvalue weighted by Crippen LogP contribution is -2.18. The zero-order valence-corrected chi connectivity index (χ0v) is 13.9. The average molecular weight is 313 g/mol. The fourth-order valence-electron chi connectivity index (χ4n) is 2.99. The van der Waals surface area contributed by atoms with E-state index in [1.165, 1.54) is 48.2 Å². The van der Waals surface area contributed by atoms with Crippen molar-refractivity contribution in [3.05, 3.63) is 45.4 Å². The Morgan fingerprint density at radius 2 is 1.86 bits per heavy atom. The molecular formula is C18H23N3S. The van der Waals surface area contributed by atoms with Gasteiger partial charge in [0.2, 0.25) is 0 Å². The van der Waals surface area contributed by atoms with Crippen molar-refractivity contribution in [2.75, 3.05) is 0 Å². The van der Waals surface area contributed by atoms with Gasteiger partial charge in [-0.15, -0.1) is 10.2 Å². The summed E-state index contributed by atoms with van der Waals surface area (Å²) in [5.74, 6) is 1.53. The second-order valence-corrected chi connectivity index (χ2v) is 7.80. The van der Waals surface area contributed by atoms with Crippen molar-refractivity contribution in [1.82, 2.24) is 15.5 Å². The normalized spacial score (nSPS) is 19.9. The van der Waals surface area contributed by atoms with E-state index in [2.05, 4.69) is 46.7 Å². The first kappa shape index (κ1) is 14.3. The molecule has 0 saturated heterocycles. The maximum Gasteiger partial charge on any atom is 0.131 e. The predicted molar refractivity (Wildman–Crippen MR) is 90.2 cm³/mol. The first-order valence-electron chi connectivity index (χ1n) is 8.45. The lowest BCUT2D eigenvalue weighted by molar-refractivity contribution is 0.419. The molecule has 1 atom stereocenters. The van der Waals surface area contributed by atoms with Crippen LogP contribution in [0.25, 0.3) is 0 Å². The first-order valence-corrected chi connectivity index (χ1v) is 9.27. The molecule has 0 aliphatic heterocycles. The molecule has 4 rings (SSSR count). The van der Waals surface area contributed by atoms with Crippen LogP contribution in [0.3, 0.4) is 0 Å². The average Bonchev–Trinajstić information content (AvgIpc) is 3.23. The van der Waals surface area contributed by atoms with Crippen LogP contribution in [0.5, 0.6) is 0 Å². The molecule has 116 valence electrons. The third-order valence-electron chi connectivity index (χ3n) is 4.98. The molecule has 0 bridgehead atoms. The van der Waals surface area contributed by atoms with Gasteiger partial charge in [-0.1, -0.05) is 42.0 Å². The predicted octanol–water partition coefficient (Wildman–Crippen LogP) is 4.53. The Hall–Kier alpha value is -1.26. The van der Waals surface area contributed by atoms with E-state index in [0.29, 0.717) is 12.0 Å². The van der Waals surface area contributed by atoms with E-state index in [-0.39, 0.29) is 0 Å². The highest BCUT2D eigenvalue weighted by molar-refractivity contribution is 7.11. The zero-order chi connectivity index (χ0) is 14.9. The van der Waals surface area contributed by atoms with Crippen LogP contribution in [0.15, 0.2) is 24.3 Å². The van der Waals surface area contributed by atoms with Crippen LogP contribution in [0, 0.1) is 0 Å². The van der Waals surface area contributed by atoms with Gasteiger partial charge >= 0.3 is 0 Å². The van der Waals surface area contributed by atoms with Crippen molar-refractivity contribution in [3.63, 3.8) is 0 Å². The van der Waals surface area contributed by atoms with E-state index in [9.17, 15) is 0 Å². The van der Waals surface area contributed by atoms with E-state index >= 15 is 0 Å². The van der Waals surface area contributed by atoms with Gasteiger partial charge in [0.15, 0.2) is 0 Å². The maximum atomic E-state index is 4.31.